The summed E-state index contributed by atoms with van der Waals surface area (Å²) in [6.45, 7) is 1.43. The van der Waals surface area contributed by atoms with Crippen molar-refractivity contribution in [2.24, 2.45) is 0 Å². The fourth-order valence-electron chi connectivity index (χ4n) is 4.63. The third kappa shape index (κ3) is 6.57. The number of aryl methyl sites for hydroxylation is 1. The molecule has 0 spiro atoms. The van der Waals surface area contributed by atoms with Gasteiger partial charge in [-0.25, -0.2) is 21.6 Å². The number of nitrogens with one attached hydrogen (secondary N) is 1. The molecule has 2 amide bonds. The Labute approximate surface area is 234 Å². The molecule has 0 bridgehead atoms. The number of rotatable bonds is 8. The van der Waals surface area contributed by atoms with E-state index in [-0.39, 0.29) is 30.0 Å². The fraction of sp³-hybridized carbons (Fsp3) is 0.250. The summed E-state index contributed by atoms with van der Waals surface area (Å²) in [6, 6.07) is 11.8. The maximum atomic E-state index is 14.0. The van der Waals surface area contributed by atoms with Crippen LogP contribution in [0.3, 0.4) is 0 Å². The van der Waals surface area contributed by atoms with Gasteiger partial charge in [-0.15, -0.1) is 0 Å². The number of benzene rings is 3. The highest BCUT2D eigenvalue weighted by Gasteiger charge is 2.45. The van der Waals surface area contributed by atoms with Gasteiger partial charge in [-0.3, -0.25) is 14.4 Å². The third-order valence-electron chi connectivity index (χ3n) is 6.57. The Morgan fingerprint density at radius 2 is 1.68 bits per heavy atom. The molecule has 41 heavy (non-hydrogen) atoms. The van der Waals surface area contributed by atoms with E-state index >= 15 is 0 Å². The van der Waals surface area contributed by atoms with Crippen LogP contribution in [0.15, 0.2) is 71.6 Å². The van der Waals surface area contributed by atoms with E-state index in [1.165, 1.54) is 0 Å². The second kappa shape index (κ2) is 12.1. The predicted octanol–water partition coefficient (Wildman–Crippen LogP) is 3.61. The lowest BCUT2D eigenvalue weighted by atomic mass is 10.0. The van der Waals surface area contributed by atoms with Crippen LogP contribution in [-0.2, 0) is 19.6 Å². The number of carboxylic acid groups (broad SMARTS) is 1. The molecule has 1 fully saturated rings. The van der Waals surface area contributed by atoms with Crippen molar-refractivity contribution in [3.63, 3.8) is 0 Å². The molecule has 3 aromatic carbocycles. The highest BCUT2D eigenvalue weighted by atomic mass is 32.2. The summed E-state index contributed by atoms with van der Waals surface area (Å²) < 4.78 is 69.2. The smallest absolute Gasteiger partial charge is 0.305 e. The molecule has 4 rings (SSSR count). The molecule has 13 heteroatoms. The van der Waals surface area contributed by atoms with E-state index in [0.29, 0.717) is 11.6 Å². The molecule has 216 valence electrons. The molecule has 1 aliphatic heterocycles. The van der Waals surface area contributed by atoms with Crippen molar-refractivity contribution in [1.29, 1.82) is 0 Å². The molecule has 9 nitrogen and oxygen atoms in total. The average molecular weight is 590 g/mol. The number of sulfonamides is 1. The SMILES string of the molecule is Cc1cccc(C(CC(=O)O)NC(=O)C2N(C(=O)c3ccc(F)c(F)c3)CCCN2S(=O)(=O)c2ccc(F)cc2)c1. The van der Waals surface area contributed by atoms with Crippen LogP contribution in [0.4, 0.5) is 13.2 Å². The Bertz CT molecular complexity index is 1580. The first kappa shape index (κ1) is 29.7. The van der Waals surface area contributed by atoms with Gasteiger partial charge in [0, 0.05) is 18.7 Å². The van der Waals surface area contributed by atoms with E-state index in [9.17, 15) is 41.1 Å². The van der Waals surface area contributed by atoms with E-state index in [0.717, 1.165) is 51.2 Å². The first-order valence-electron chi connectivity index (χ1n) is 12.5. The monoisotopic (exact) mass is 589 g/mol. The first-order chi connectivity index (χ1) is 19.4. The summed E-state index contributed by atoms with van der Waals surface area (Å²) in [7, 11) is -4.51. The van der Waals surface area contributed by atoms with Gasteiger partial charge in [-0.1, -0.05) is 29.8 Å². The van der Waals surface area contributed by atoms with Gasteiger partial charge in [0.2, 0.25) is 10.0 Å². The number of hydrogen-bond acceptors (Lipinski definition) is 5. The van der Waals surface area contributed by atoms with E-state index < -0.39 is 63.9 Å². The third-order valence-corrected chi connectivity index (χ3v) is 8.44. The van der Waals surface area contributed by atoms with Crippen molar-refractivity contribution < 1.29 is 41.1 Å². The molecule has 1 saturated heterocycles. The minimum atomic E-state index is -4.51. The maximum Gasteiger partial charge on any atom is 0.305 e. The zero-order chi connectivity index (χ0) is 29.9. The molecular weight excluding hydrogens is 563 g/mol. The van der Waals surface area contributed by atoms with Crippen LogP contribution in [0, 0.1) is 24.4 Å². The largest absolute Gasteiger partial charge is 0.481 e. The molecule has 3 aromatic rings. The Balaban J connectivity index is 1.78. The van der Waals surface area contributed by atoms with Crippen molar-refractivity contribution in [2.45, 2.75) is 36.9 Å². The van der Waals surface area contributed by atoms with Gasteiger partial charge < -0.3 is 15.3 Å². The Morgan fingerprint density at radius 1 is 0.976 bits per heavy atom. The Hall–Kier alpha value is -4.23. The summed E-state index contributed by atoms with van der Waals surface area (Å²) in [5.74, 6) is -6.42. The molecule has 1 heterocycles. The van der Waals surface area contributed by atoms with Gasteiger partial charge in [0.1, 0.15) is 5.82 Å². The van der Waals surface area contributed by atoms with E-state index in [2.05, 4.69) is 5.32 Å². The number of halogens is 3. The van der Waals surface area contributed by atoms with Gasteiger partial charge in [0.25, 0.3) is 11.8 Å². The molecule has 2 N–H and O–H groups in total. The average Bonchev–Trinajstić information content (AvgIpc) is 2.93. The van der Waals surface area contributed by atoms with Crippen LogP contribution >= 0.6 is 0 Å². The number of carbonyl (C=O) groups excluding carboxylic acids is 2. The molecule has 1 aliphatic rings. The second-order valence-electron chi connectivity index (χ2n) is 9.50. The van der Waals surface area contributed by atoms with Gasteiger partial charge in [0.15, 0.2) is 17.8 Å². The quantitative estimate of drug-likeness (QED) is 0.414. The molecule has 2 unspecified atom stereocenters. The van der Waals surface area contributed by atoms with Gasteiger partial charge in [-0.05, 0) is 61.4 Å². The Morgan fingerprint density at radius 3 is 2.32 bits per heavy atom. The number of carboxylic acids is 1. The first-order valence-corrected chi connectivity index (χ1v) is 13.9. The highest BCUT2D eigenvalue weighted by Crippen LogP contribution is 2.28. The molecule has 0 saturated carbocycles. The molecule has 2 atom stereocenters. The molecule has 0 aliphatic carbocycles. The number of aliphatic carboxylic acids is 1. The lowest BCUT2D eigenvalue weighted by Crippen LogP contribution is -2.63. The summed E-state index contributed by atoms with van der Waals surface area (Å²) in [4.78, 5) is 39.6. The minimum Gasteiger partial charge on any atom is -0.481 e. The standard InChI is InChI=1S/C28H26F3N3O6S/c1-17-4-2-5-18(14-17)24(16-25(35)36)32-26(37)27-33(28(38)19-6-11-22(30)23(31)15-19)12-3-13-34(27)41(39,40)21-9-7-20(29)8-10-21/h2,4-11,14-15,24,27H,3,12-13,16H2,1H3,(H,32,37)(H,35,36). The zero-order valence-electron chi connectivity index (χ0n) is 21.8. The number of amides is 2. The van der Waals surface area contributed by atoms with Crippen LogP contribution < -0.4 is 5.32 Å². The molecular formula is C28H26F3N3O6S. The number of hydrogen-bond donors (Lipinski definition) is 2. The van der Waals surface area contributed by atoms with Gasteiger partial charge in [0.05, 0.1) is 17.4 Å². The van der Waals surface area contributed by atoms with Crippen LogP contribution in [0.25, 0.3) is 0 Å². The number of carbonyl (C=O) groups is 3. The van der Waals surface area contributed by atoms with Crippen LogP contribution in [0.1, 0.15) is 40.4 Å². The fourth-order valence-corrected chi connectivity index (χ4v) is 6.22. The van der Waals surface area contributed by atoms with Crippen LogP contribution in [0.2, 0.25) is 0 Å². The summed E-state index contributed by atoms with van der Waals surface area (Å²) >= 11 is 0. The maximum absolute atomic E-state index is 14.0. The predicted molar refractivity (Wildman–Crippen MR) is 140 cm³/mol. The van der Waals surface area contributed by atoms with Gasteiger partial charge in [-0.2, -0.15) is 4.31 Å². The van der Waals surface area contributed by atoms with E-state index in [4.69, 9.17) is 0 Å². The summed E-state index contributed by atoms with van der Waals surface area (Å²) in [5.41, 5.74) is 0.881. The lowest BCUT2D eigenvalue weighted by Gasteiger charge is -2.42. The van der Waals surface area contributed by atoms with Crippen molar-refractivity contribution in [3.8, 4) is 0 Å². The van der Waals surface area contributed by atoms with E-state index in [1.807, 2.05) is 0 Å². The van der Waals surface area contributed by atoms with E-state index in [1.54, 1.807) is 31.2 Å². The van der Waals surface area contributed by atoms with Crippen LogP contribution in [-0.4, -0.2) is 59.8 Å². The normalized spacial score (nSPS) is 16.7. The zero-order valence-corrected chi connectivity index (χ0v) is 22.6. The van der Waals surface area contributed by atoms with Crippen LogP contribution in [0.5, 0.6) is 0 Å². The number of nitrogens with zero attached hydrogens (tertiary/aromatic N) is 2. The highest BCUT2D eigenvalue weighted by molar-refractivity contribution is 7.89. The molecule has 0 radical (unpaired) electrons. The summed E-state index contributed by atoms with van der Waals surface area (Å²) in [6.07, 6.45) is -2.31. The van der Waals surface area contributed by atoms with Crippen molar-refractivity contribution in [2.75, 3.05) is 13.1 Å². The van der Waals surface area contributed by atoms with Crippen molar-refractivity contribution in [3.05, 3.63) is 101 Å². The Kier molecular flexibility index (Phi) is 8.78. The topological polar surface area (TPSA) is 124 Å². The summed E-state index contributed by atoms with van der Waals surface area (Å²) in [5, 5.41) is 12.1. The minimum absolute atomic E-state index is 0.0794. The second-order valence-corrected chi connectivity index (χ2v) is 11.4. The van der Waals surface area contributed by atoms with Gasteiger partial charge >= 0.3 is 5.97 Å². The van der Waals surface area contributed by atoms with Crippen molar-refractivity contribution >= 4 is 27.8 Å². The molecule has 0 aromatic heterocycles. The van der Waals surface area contributed by atoms with Crippen molar-refractivity contribution in [1.82, 2.24) is 14.5 Å². The lowest BCUT2D eigenvalue weighted by molar-refractivity contribution is -0.138.